The van der Waals surface area contributed by atoms with Crippen LogP contribution in [-0.4, -0.2) is 32.9 Å². The van der Waals surface area contributed by atoms with Gasteiger partial charge in [-0.15, -0.1) is 0 Å². The van der Waals surface area contributed by atoms with Crippen molar-refractivity contribution in [3.05, 3.63) is 94.1 Å². The minimum absolute atomic E-state index is 0.0217. The summed E-state index contributed by atoms with van der Waals surface area (Å²) in [5.41, 5.74) is 10.0. The molecule has 1 aliphatic carbocycles. The number of carbonyl (C=O) groups excluding carboxylic acids is 2. The highest BCUT2D eigenvalue weighted by Gasteiger charge is 2.29. The Hall–Kier alpha value is -3.14. The van der Waals surface area contributed by atoms with Gasteiger partial charge in [-0.2, -0.15) is 0 Å². The van der Waals surface area contributed by atoms with Gasteiger partial charge in [0.2, 0.25) is 5.12 Å². The normalized spacial score (nSPS) is 20.6. The van der Waals surface area contributed by atoms with E-state index in [2.05, 4.69) is 68.9 Å². The van der Waals surface area contributed by atoms with Gasteiger partial charge < -0.3 is 10.6 Å². The van der Waals surface area contributed by atoms with Crippen LogP contribution in [0, 0.1) is 0 Å². The van der Waals surface area contributed by atoms with Crippen molar-refractivity contribution in [3.8, 4) is 0 Å². The van der Waals surface area contributed by atoms with E-state index in [0.717, 1.165) is 12.8 Å². The van der Waals surface area contributed by atoms with Gasteiger partial charge in [-0.3, -0.25) is 20.4 Å². The van der Waals surface area contributed by atoms with E-state index in [-0.39, 0.29) is 27.7 Å². The van der Waals surface area contributed by atoms with Gasteiger partial charge in [0.05, 0.1) is 22.7 Å². The summed E-state index contributed by atoms with van der Waals surface area (Å²) < 4.78 is 0. The van der Waals surface area contributed by atoms with Crippen molar-refractivity contribution in [1.82, 2.24) is 21.0 Å². The van der Waals surface area contributed by atoms with Crippen LogP contribution >= 0.6 is 35.6 Å². The summed E-state index contributed by atoms with van der Waals surface area (Å²) in [6.07, 6.45) is 3.94. The van der Waals surface area contributed by atoms with Crippen LogP contribution in [0.5, 0.6) is 0 Å². The van der Waals surface area contributed by atoms with E-state index < -0.39 is 6.04 Å². The molecule has 3 aromatic rings. The van der Waals surface area contributed by atoms with Gasteiger partial charge in [-0.05, 0) is 60.2 Å². The Morgan fingerprint density at radius 2 is 1.84 bits per heavy atom. The first-order valence-corrected chi connectivity index (χ1v) is 13.8. The largest absolute Gasteiger partial charge is 0.355 e. The van der Waals surface area contributed by atoms with Gasteiger partial charge in [0, 0.05) is 11.9 Å². The van der Waals surface area contributed by atoms with Gasteiger partial charge in [-0.1, -0.05) is 78.0 Å². The average Bonchev–Trinajstić information content (AvgIpc) is 3.32. The topological polar surface area (TPSA) is 95.2 Å². The van der Waals surface area contributed by atoms with Gasteiger partial charge in [0.15, 0.2) is 10.9 Å². The standard InChI is InChI=1S/C27H26ClN5O2S2/c28-21-13-19(25(34)30-22-10-11-37-26(22)35)15-29-24(21)32-33-27(36)31-23-14-18(16-6-2-1-3-7-16)12-17-8-4-5-9-20(17)23/h1-9,13,15,18,22-23H,10-12,14H2,(H,29,32)(H,30,34)(H2,31,33,36)/t18-,22?,23?/m1/s1. The van der Waals surface area contributed by atoms with Crippen molar-refractivity contribution >= 4 is 57.5 Å². The van der Waals surface area contributed by atoms with Crippen LogP contribution in [0.3, 0.4) is 0 Å². The Morgan fingerprint density at radius 1 is 1.05 bits per heavy atom. The Morgan fingerprint density at radius 3 is 2.59 bits per heavy atom. The van der Waals surface area contributed by atoms with Gasteiger partial charge in [-0.25, -0.2) is 4.98 Å². The fourth-order valence-corrected chi connectivity index (χ4v) is 6.11. The highest BCUT2D eigenvalue weighted by Crippen LogP contribution is 2.38. The van der Waals surface area contributed by atoms with E-state index in [4.69, 9.17) is 23.8 Å². The van der Waals surface area contributed by atoms with Crippen LogP contribution in [0.1, 0.15) is 51.8 Å². The van der Waals surface area contributed by atoms with E-state index in [1.807, 2.05) is 12.1 Å². The van der Waals surface area contributed by atoms with Crippen molar-refractivity contribution < 1.29 is 9.59 Å². The summed E-state index contributed by atoms with van der Waals surface area (Å²) in [6.45, 7) is 0. The lowest BCUT2D eigenvalue weighted by atomic mass is 9.77. The van der Waals surface area contributed by atoms with Crippen LogP contribution in [0.4, 0.5) is 5.82 Å². The molecule has 2 aromatic carbocycles. The number of aromatic nitrogens is 1. The van der Waals surface area contributed by atoms with Crippen molar-refractivity contribution in [1.29, 1.82) is 0 Å². The molecule has 2 unspecified atom stereocenters. The molecular weight excluding hydrogens is 526 g/mol. The third-order valence-corrected chi connectivity index (χ3v) is 8.15. The Bertz CT molecular complexity index is 1320. The molecule has 0 spiro atoms. The number of rotatable bonds is 6. The number of fused-ring (bicyclic) bond motifs is 1. The lowest BCUT2D eigenvalue weighted by molar-refractivity contribution is -0.112. The number of benzene rings is 2. The molecule has 1 fully saturated rings. The third kappa shape index (κ3) is 6.06. The molecule has 1 amide bonds. The summed E-state index contributed by atoms with van der Waals surface area (Å²) >= 11 is 13.2. The average molecular weight is 552 g/mol. The van der Waals surface area contributed by atoms with Crippen molar-refractivity contribution in [2.75, 3.05) is 11.2 Å². The number of amides is 1. The molecule has 3 atom stereocenters. The molecule has 2 heterocycles. The Labute approximate surface area is 230 Å². The smallest absolute Gasteiger partial charge is 0.253 e. The molecule has 2 aliphatic rings. The number of hydrazine groups is 1. The number of hydrogen-bond donors (Lipinski definition) is 4. The van der Waals surface area contributed by atoms with E-state index in [9.17, 15) is 9.59 Å². The molecule has 1 aromatic heterocycles. The van der Waals surface area contributed by atoms with E-state index in [1.54, 1.807) is 0 Å². The molecule has 7 nitrogen and oxygen atoms in total. The number of pyridine rings is 1. The second-order valence-electron chi connectivity index (χ2n) is 9.06. The van der Waals surface area contributed by atoms with Gasteiger partial charge >= 0.3 is 0 Å². The minimum atomic E-state index is -0.467. The number of carbonyl (C=O) groups is 2. The van der Waals surface area contributed by atoms with Crippen LogP contribution in [0.25, 0.3) is 0 Å². The molecule has 4 N–H and O–H groups in total. The quantitative estimate of drug-likeness (QED) is 0.257. The number of thioether (sulfide) groups is 1. The number of nitrogens with zero attached hydrogens (tertiary/aromatic N) is 1. The van der Waals surface area contributed by atoms with Crippen LogP contribution in [0.2, 0.25) is 5.02 Å². The first-order chi connectivity index (χ1) is 18.0. The summed E-state index contributed by atoms with van der Waals surface area (Å²) in [5, 5.41) is 6.80. The Balaban J connectivity index is 1.20. The van der Waals surface area contributed by atoms with E-state index in [0.29, 0.717) is 29.0 Å². The molecule has 37 heavy (non-hydrogen) atoms. The monoisotopic (exact) mass is 551 g/mol. The zero-order chi connectivity index (χ0) is 25.8. The predicted octanol–water partition coefficient (Wildman–Crippen LogP) is 4.76. The molecule has 5 rings (SSSR count). The molecule has 1 saturated heterocycles. The summed E-state index contributed by atoms with van der Waals surface area (Å²) in [4.78, 5) is 28.5. The van der Waals surface area contributed by atoms with Crippen molar-refractivity contribution in [3.63, 3.8) is 0 Å². The first-order valence-electron chi connectivity index (χ1n) is 12.1. The predicted molar refractivity (Wildman–Crippen MR) is 152 cm³/mol. The van der Waals surface area contributed by atoms with Crippen molar-refractivity contribution in [2.24, 2.45) is 0 Å². The zero-order valence-corrected chi connectivity index (χ0v) is 22.3. The number of nitrogens with one attached hydrogen (secondary N) is 4. The van der Waals surface area contributed by atoms with Gasteiger partial charge in [0.1, 0.15) is 0 Å². The lowest BCUT2D eigenvalue weighted by Crippen LogP contribution is -2.42. The zero-order valence-electron chi connectivity index (χ0n) is 19.9. The fraction of sp³-hybridized carbons (Fsp3) is 0.259. The van der Waals surface area contributed by atoms with Crippen molar-refractivity contribution in [2.45, 2.75) is 37.3 Å². The highest BCUT2D eigenvalue weighted by atomic mass is 35.5. The summed E-state index contributed by atoms with van der Waals surface area (Å²) in [7, 11) is 0. The summed E-state index contributed by atoms with van der Waals surface area (Å²) in [5.74, 6) is 1.05. The summed E-state index contributed by atoms with van der Waals surface area (Å²) in [6, 6.07) is 20.1. The van der Waals surface area contributed by atoms with E-state index in [1.165, 1.54) is 40.7 Å². The molecule has 0 radical (unpaired) electrons. The second kappa shape index (κ2) is 11.5. The van der Waals surface area contributed by atoms with E-state index >= 15 is 0 Å². The number of anilines is 1. The first kappa shape index (κ1) is 25.5. The molecule has 0 bridgehead atoms. The molecule has 10 heteroatoms. The number of halogens is 1. The minimum Gasteiger partial charge on any atom is -0.355 e. The van der Waals surface area contributed by atoms with Gasteiger partial charge in [0.25, 0.3) is 5.91 Å². The number of thiocarbonyl (C=S) groups is 1. The van der Waals surface area contributed by atoms with Crippen LogP contribution in [-0.2, 0) is 11.2 Å². The maximum Gasteiger partial charge on any atom is 0.253 e. The third-order valence-electron chi connectivity index (χ3n) is 6.63. The number of hydrogen-bond acceptors (Lipinski definition) is 6. The molecule has 190 valence electrons. The second-order valence-corrected chi connectivity index (χ2v) is 11.0. The highest BCUT2D eigenvalue weighted by molar-refractivity contribution is 8.14. The Kier molecular flexibility index (Phi) is 7.93. The molecule has 0 saturated carbocycles. The molecular formula is C27H26ClN5O2S2. The maximum atomic E-state index is 12.5. The lowest BCUT2D eigenvalue weighted by Gasteiger charge is -2.33. The fourth-order valence-electron chi connectivity index (χ4n) is 4.77. The maximum absolute atomic E-state index is 12.5. The molecule has 1 aliphatic heterocycles. The SMILES string of the molecule is O=C(NC1CCSC1=O)c1cnc(NNC(=S)NC2C[C@H](c3ccccc3)Cc3ccccc32)c(Cl)c1. The van der Waals surface area contributed by atoms with Crippen LogP contribution in [0.15, 0.2) is 66.9 Å². The van der Waals surface area contributed by atoms with Crippen LogP contribution < -0.4 is 21.5 Å².